The normalized spacial score (nSPS) is 35.3. The first-order valence-corrected chi connectivity index (χ1v) is 4.74. The molecule has 78 valence electrons. The maximum Gasteiger partial charge on any atom is 0.123 e. The maximum absolute atomic E-state index is 5.33. The van der Waals surface area contributed by atoms with Crippen LogP contribution in [0, 0.1) is 5.92 Å². The van der Waals surface area contributed by atoms with Crippen LogP contribution in [-0.2, 0) is 9.47 Å². The van der Waals surface area contributed by atoms with Gasteiger partial charge in [0, 0.05) is 20.8 Å². The fourth-order valence-corrected chi connectivity index (χ4v) is 1.63. The summed E-state index contributed by atoms with van der Waals surface area (Å²) >= 11 is 0. The topological polar surface area (TPSA) is 42.5 Å². The molecule has 1 heterocycles. The Kier molecular flexibility index (Phi) is 4.12. The van der Waals surface area contributed by atoms with E-state index in [4.69, 9.17) is 9.47 Å². The monoisotopic (exact) mass is 188 g/mol. The SMILES string of the molecule is COC1CN[C@@H](OC)[C@H](C(C)C)N1. The van der Waals surface area contributed by atoms with Crippen molar-refractivity contribution in [3.8, 4) is 0 Å². The minimum Gasteiger partial charge on any atom is -0.365 e. The van der Waals surface area contributed by atoms with Gasteiger partial charge >= 0.3 is 0 Å². The highest BCUT2D eigenvalue weighted by molar-refractivity contribution is 4.85. The quantitative estimate of drug-likeness (QED) is 0.661. The lowest BCUT2D eigenvalue weighted by Crippen LogP contribution is -2.63. The Hall–Kier alpha value is -0.160. The van der Waals surface area contributed by atoms with Gasteiger partial charge in [0.25, 0.3) is 0 Å². The van der Waals surface area contributed by atoms with Crippen molar-refractivity contribution in [1.82, 2.24) is 10.6 Å². The molecule has 0 aliphatic carbocycles. The summed E-state index contributed by atoms with van der Waals surface area (Å²) in [4.78, 5) is 0. The van der Waals surface area contributed by atoms with Gasteiger partial charge in [0.15, 0.2) is 0 Å². The van der Waals surface area contributed by atoms with E-state index >= 15 is 0 Å². The van der Waals surface area contributed by atoms with E-state index in [9.17, 15) is 0 Å². The standard InChI is InChI=1S/C9H20N2O2/c1-6(2)8-9(13-4)10-5-7(11-8)12-3/h6-11H,5H2,1-4H3/t7?,8-,9-/m0/s1. The van der Waals surface area contributed by atoms with Crippen LogP contribution in [0.1, 0.15) is 13.8 Å². The van der Waals surface area contributed by atoms with Crippen LogP contribution in [0.15, 0.2) is 0 Å². The minimum atomic E-state index is 0.0893. The van der Waals surface area contributed by atoms with Gasteiger partial charge in [0.2, 0.25) is 0 Å². The van der Waals surface area contributed by atoms with E-state index in [1.807, 2.05) is 0 Å². The van der Waals surface area contributed by atoms with Gasteiger partial charge in [-0.3, -0.25) is 10.6 Å². The molecule has 0 radical (unpaired) electrons. The highest BCUT2D eigenvalue weighted by Gasteiger charge is 2.31. The van der Waals surface area contributed by atoms with Crippen LogP contribution in [0.2, 0.25) is 0 Å². The maximum atomic E-state index is 5.33. The number of hydrogen-bond acceptors (Lipinski definition) is 4. The zero-order chi connectivity index (χ0) is 9.84. The molecule has 0 aromatic heterocycles. The Labute approximate surface area is 80.0 Å². The molecular formula is C9H20N2O2. The molecule has 1 saturated heterocycles. The molecule has 0 spiro atoms. The van der Waals surface area contributed by atoms with Crippen molar-refractivity contribution in [2.75, 3.05) is 20.8 Å². The summed E-state index contributed by atoms with van der Waals surface area (Å²) in [6, 6.07) is 0.309. The third-order valence-electron chi connectivity index (χ3n) is 2.47. The highest BCUT2D eigenvalue weighted by Crippen LogP contribution is 2.12. The lowest BCUT2D eigenvalue weighted by molar-refractivity contribution is -0.0507. The van der Waals surface area contributed by atoms with Crippen LogP contribution >= 0.6 is 0 Å². The molecule has 0 aromatic rings. The number of methoxy groups -OCH3 is 2. The Balaban J connectivity index is 2.52. The van der Waals surface area contributed by atoms with Gasteiger partial charge in [0.1, 0.15) is 12.5 Å². The van der Waals surface area contributed by atoms with E-state index in [1.165, 1.54) is 0 Å². The first-order chi connectivity index (χ1) is 6.19. The number of hydrogen-bond donors (Lipinski definition) is 2. The van der Waals surface area contributed by atoms with Crippen molar-refractivity contribution in [1.29, 1.82) is 0 Å². The van der Waals surface area contributed by atoms with E-state index < -0.39 is 0 Å². The van der Waals surface area contributed by atoms with Crippen LogP contribution in [0.25, 0.3) is 0 Å². The molecule has 1 aliphatic heterocycles. The Morgan fingerprint density at radius 2 is 1.92 bits per heavy atom. The molecule has 0 aromatic carbocycles. The van der Waals surface area contributed by atoms with E-state index in [0.29, 0.717) is 12.0 Å². The summed E-state index contributed by atoms with van der Waals surface area (Å²) < 4.78 is 10.6. The smallest absolute Gasteiger partial charge is 0.123 e. The predicted octanol–water partition coefficient (Wildman–Crippen LogP) is 0.149. The summed E-state index contributed by atoms with van der Waals surface area (Å²) in [5.74, 6) is 0.524. The summed E-state index contributed by atoms with van der Waals surface area (Å²) in [6.45, 7) is 5.13. The number of rotatable bonds is 3. The van der Waals surface area contributed by atoms with Crippen LogP contribution in [0.5, 0.6) is 0 Å². The minimum absolute atomic E-state index is 0.0893. The Bertz CT molecular complexity index is 153. The second-order valence-electron chi connectivity index (χ2n) is 3.73. The van der Waals surface area contributed by atoms with E-state index in [0.717, 1.165) is 6.54 Å². The zero-order valence-electron chi connectivity index (χ0n) is 8.83. The van der Waals surface area contributed by atoms with Crippen molar-refractivity contribution < 1.29 is 9.47 Å². The molecule has 0 amide bonds. The van der Waals surface area contributed by atoms with Crippen LogP contribution in [0.4, 0.5) is 0 Å². The summed E-state index contributed by atoms with van der Waals surface area (Å²) in [7, 11) is 3.44. The van der Waals surface area contributed by atoms with Crippen LogP contribution < -0.4 is 10.6 Å². The van der Waals surface area contributed by atoms with Gasteiger partial charge in [-0.1, -0.05) is 13.8 Å². The third-order valence-corrected chi connectivity index (χ3v) is 2.47. The van der Waals surface area contributed by atoms with Crippen molar-refractivity contribution in [2.24, 2.45) is 5.92 Å². The first kappa shape index (κ1) is 10.9. The molecule has 0 bridgehead atoms. The first-order valence-electron chi connectivity index (χ1n) is 4.74. The molecular weight excluding hydrogens is 168 g/mol. The molecule has 1 unspecified atom stereocenters. The number of nitrogens with one attached hydrogen (secondary N) is 2. The molecule has 3 atom stereocenters. The molecule has 13 heavy (non-hydrogen) atoms. The molecule has 4 heteroatoms. The molecule has 1 rings (SSSR count). The average Bonchev–Trinajstić information content (AvgIpc) is 2.16. The third kappa shape index (κ3) is 2.64. The van der Waals surface area contributed by atoms with E-state index in [-0.39, 0.29) is 12.5 Å². The Morgan fingerprint density at radius 3 is 2.38 bits per heavy atom. The van der Waals surface area contributed by atoms with E-state index in [2.05, 4.69) is 24.5 Å². The predicted molar refractivity (Wildman–Crippen MR) is 51.4 cm³/mol. The van der Waals surface area contributed by atoms with Gasteiger partial charge in [0.05, 0.1) is 6.04 Å². The largest absolute Gasteiger partial charge is 0.365 e. The molecule has 2 N–H and O–H groups in total. The molecule has 1 aliphatic rings. The van der Waals surface area contributed by atoms with Crippen molar-refractivity contribution in [3.05, 3.63) is 0 Å². The average molecular weight is 188 g/mol. The molecule has 4 nitrogen and oxygen atoms in total. The second kappa shape index (κ2) is 4.91. The summed E-state index contributed by atoms with van der Waals surface area (Å²) in [5.41, 5.74) is 0. The highest BCUT2D eigenvalue weighted by atomic mass is 16.5. The fourth-order valence-electron chi connectivity index (χ4n) is 1.63. The van der Waals surface area contributed by atoms with Crippen molar-refractivity contribution >= 4 is 0 Å². The summed E-state index contributed by atoms with van der Waals surface area (Å²) in [6.07, 6.45) is 0.185. The lowest BCUT2D eigenvalue weighted by atomic mass is 10.0. The molecule has 1 fully saturated rings. The Morgan fingerprint density at radius 1 is 1.23 bits per heavy atom. The fraction of sp³-hybridized carbons (Fsp3) is 1.00. The van der Waals surface area contributed by atoms with Gasteiger partial charge in [-0.15, -0.1) is 0 Å². The van der Waals surface area contributed by atoms with Gasteiger partial charge in [-0.05, 0) is 5.92 Å². The van der Waals surface area contributed by atoms with Gasteiger partial charge < -0.3 is 9.47 Å². The van der Waals surface area contributed by atoms with Gasteiger partial charge in [-0.2, -0.15) is 0 Å². The van der Waals surface area contributed by atoms with Crippen LogP contribution in [-0.4, -0.2) is 39.3 Å². The molecule has 0 saturated carbocycles. The second-order valence-corrected chi connectivity index (χ2v) is 3.73. The summed E-state index contributed by atoms with van der Waals surface area (Å²) in [5, 5.41) is 6.69. The van der Waals surface area contributed by atoms with Crippen LogP contribution in [0.3, 0.4) is 0 Å². The lowest BCUT2D eigenvalue weighted by Gasteiger charge is -2.38. The van der Waals surface area contributed by atoms with E-state index in [1.54, 1.807) is 14.2 Å². The number of ether oxygens (including phenoxy) is 2. The van der Waals surface area contributed by atoms with Gasteiger partial charge in [-0.25, -0.2) is 0 Å². The number of piperazine rings is 1. The van der Waals surface area contributed by atoms with Crippen molar-refractivity contribution in [3.63, 3.8) is 0 Å². The zero-order valence-corrected chi connectivity index (χ0v) is 8.83. The van der Waals surface area contributed by atoms with Crippen molar-refractivity contribution in [2.45, 2.75) is 32.3 Å².